The van der Waals surface area contributed by atoms with Gasteiger partial charge in [0.05, 0.1) is 29.7 Å². The summed E-state index contributed by atoms with van der Waals surface area (Å²) < 4.78 is 53.8. The van der Waals surface area contributed by atoms with Gasteiger partial charge in [-0.15, -0.1) is 11.3 Å². The Bertz CT molecular complexity index is 2040. The minimum atomic E-state index is -4.57. The lowest BCUT2D eigenvalue weighted by Crippen LogP contribution is -2.59. The molecular weight excluding hydrogens is 671 g/mol. The average molecular weight is 708 g/mol. The smallest absolute Gasteiger partial charge is 0.416 e. The van der Waals surface area contributed by atoms with Crippen LogP contribution in [0.25, 0.3) is 27.2 Å². The Morgan fingerprint density at radius 1 is 1.00 bits per heavy atom. The van der Waals surface area contributed by atoms with Gasteiger partial charge < -0.3 is 24.4 Å². The third-order valence-corrected chi connectivity index (χ3v) is 9.97. The van der Waals surface area contributed by atoms with E-state index in [0.717, 1.165) is 39.9 Å². The lowest BCUT2D eigenvalue weighted by Gasteiger charge is -2.46. The van der Waals surface area contributed by atoms with Crippen molar-refractivity contribution in [2.75, 3.05) is 31.6 Å². The summed E-state index contributed by atoms with van der Waals surface area (Å²) in [5.41, 5.74) is 2.06. The number of hydrogen-bond acceptors (Lipinski definition) is 8. The summed E-state index contributed by atoms with van der Waals surface area (Å²) in [4.78, 5) is 37.6. The first kappa shape index (κ1) is 34.7. The number of alkyl halides is 3. The van der Waals surface area contributed by atoms with E-state index < -0.39 is 29.9 Å². The average Bonchev–Trinajstić information content (AvgIpc) is 3.70. The molecule has 262 valence electrons. The highest BCUT2D eigenvalue weighted by atomic mass is 32.1. The third-order valence-electron chi connectivity index (χ3n) is 8.88. The SMILES string of the molecule is COC(=O)c1sc(-n2cnc3cc(-c4ccc(N5CCN(C(=O)O)C(C(C)(C)C)C5)nc4)ccc32)cc1O[C@H](C)c1ccccc1C(F)(F)F. The number of thiophene rings is 1. The van der Waals surface area contributed by atoms with Crippen molar-refractivity contribution >= 4 is 40.3 Å². The van der Waals surface area contributed by atoms with Crippen LogP contribution in [-0.4, -0.2) is 69.4 Å². The van der Waals surface area contributed by atoms with Crippen LogP contribution in [-0.2, 0) is 10.9 Å². The number of carboxylic acid groups (broad SMARTS) is 1. The summed E-state index contributed by atoms with van der Waals surface area (Å²) in [5, 5.41) is 10.3. The molecule has 0 radical (unpaired) electrons. The highest BCUT2D eigenvalue weighted by Gasteiger charge is 2.38. The quantitative estimate of drug-likeness (QED) is 0.168. The van der Waals surface area contributed by atoms with E-state index in [2.05, 4.69) is 9.88 Å². The molecule has 6 rings (SSSR count). The predicted molar refractivity (Wildman–Crippen MR) is 184 cm³/mol. The Labute approximate surface area is 290 Å². The molecule has 4 heterocycles. The molecule has 50 heavy (non-hydrogen) atoms. The number of methoxy groups -OCH3 is 1. The van der Waals surface area contributed by atoms with Gasteiger partial charge in [0.25, 0.3) is 0 Å². The number of anilines is 1. The van der Waals surface area contributed by atoms with E-state index in [1.165, 1.54) is 37.1 Å². The first-order valence-corrected chi connectivity index (χ1v) is 16.7. The van der Waals surface area contributed by atoms with Crippen LogP contribution in [0.15, 0.2) is 73.2 Å². The number of carbonyl (C=O) groups is 2. The van der Waals surface area contributed by atoms with Crippen molar-refractivity contribution in [2.45, 2.75) is 46.0 Å². The van der Waals surface area contributed by atoms with Gasteiger partial charge in [0.1, 0.15) is 29.0 Å². The minimum absolute atomic E-state index is 0.0541. The van der Waals surface area contributed by atoms with Crippen LogP contribution < -0.4 is 9.64 Å². The van der Waals surface area contributed by atoms with Gasteiger partial charge in [-0.2, -0.15) is 13.2 Å². The maximum atomic E-state index is 13.7. The molecule has 1 aliphatic rings. The number of amides is 1. The summed E-state index contributed by atoms with van der Waals surface area (Å²) in [6, 6.07) is 16.2. The van der Waals surface area contributed by atoms with Gasteiger partial charge in [-0.3, -0.25) is 4.57 Å². The number of esters is 1. The Hall–Kier alpha value is -5.11. The number of piperazine rings is 1. The number of benzene rings is 2. The van der Waals surface area contributed by atoms with Crippen molar-refractivity contribution in [1.82, 2.24) is 19.4 Å². The predicted octanol–water partition coefficient (Wildman–Crippen LogP) is 8.31. The zero-order chi connectivity index (χ0) is 36.0. The second kappa shape index (κ2) is 13.3. The van der Waals surface area contributed by atoms with Crippen LogP contribution in [0.2, 0.25) is 0 Å². The summed E-state index contributed by atoms with van der Waals surface area (Å²) in [6.07, 6.45) is -3.11. The standard InChI is InChI=1S/C36H36F3N5O5S/c1-21(24-8-6-7-9-25(24)36(37,38)39)49-28-17-31(50-32(28)33(45)48-5)44-20-41-26-16-22(10-12-27(26)44)23-11-13-30(40-18-23)42-14-15-43(34(46)47)29(19-42)35(2,3)4/h6-13,16-18,20-21,29H,14-15,19H2,1-5H3,(H,46,47)/t21-,29?/m1/s1. The van der Waals surface area contributed by atoms with Crippen LogP contribution >= 0.6 is 11.3 Å². The first-order chi connectivity index (χ1) is 23.7. The van der Waals surface area contributed by atoms with Crippen molar-refractivity contribution in [3.63, 3.8) is 0 Å². The fraction of sp³-hybridized carbons (Fsp3) is 0.333. The first-order valence-electron chi connectivity index (χ1n) is 15.9. The molecule has 1 N–H and O–H groups in total. The van der Waals surface area contributed by atoms with E-state index in [0.29, 0.717) is 30.2 Å². The summed E-state index contributed by atoms with van der Waals surface area (Å²) in [7, 11) is 1.23. The van der Waals surface area contributed by atoms with E-state index >= 15 is 0 Å². The zero-order valence-electron chi connectivity index (χ0n) is 28.1. The Morgan fingerprint density at radius 3 is 2.40 bits per heavy atom. The number of aromatic nitrogens is 3. The van der Waals surface area contributed by atoms with Crippen molar-refractivity contribution in [3.8, 4) is 21.9 Å². The van der Waals surface area contributed by atoms with Gasteiger partial charge in [-0.25, -0.2) is 19.6 Å². The van der Waals surface area contributed by atoms with Crippen LogP contribution in [0.3, 0.4) is 0 Å². The van der Waals surface area contributed by atoms with Crippen molar-refractivity contribution in [3.05, 3.63) is 89.2 Å². The van der Waals surface area contributed by atoms with E-state index in [-0.39, 0.29) is 27.6 Å². The topological polar surface area (TPSA) is 110 Å². The highest BCUT2D eigenvalue weighted by molar-refractivity contribution is 7.16. The molecular formula is C36H36F3N5O5S. The van der Waals surface area contributed by atoms with Crippen molar-refractivity contribution in [1.29, 1.82) is 0 Å². The summed E-state index contributed by atoms with van der Waals surface area (Å²) in [5.74, 6) is 0.198. The van der Waals surface area contributed by atoms with E-state index in [1.807, 2.05) is 51.1 Å². The summed E-state index contributed by atoms with van der Waals surface area (Å²) >= 11 is 1.08. The number of nitrogens with zero attached hydrogens (tertiary/aromatic N) is 5. The molecule has 3 aromatic heterocycles. The molecule has 0 saturated carbocycles. The number of rotatable bonds is 7. The minimum Gasteiger partial charge on any atom is -0.484 e. The van der Waals surface area contributed by atoms with Gasteiger partial charge in [0, 0.05) is 43.0 Å². The lowest BCUT2D eigenvalue weighted by atomic mass is 9.84. The fourth-order valence-corrected chi connectivity index (χ4v) is 7.23. The molecule has 10 nitrogen and oxygen atoms in total. The second-order valence-corrected chi connectivity index (χ2v) is 14.2. The van der Waals surface area contributed by atoms with Crippen molar-refractivity contribution in [2.24, 2.45) is 5.41 Å². The van der Waals surface area contributed by atoms with Gasteiger partial charge in [0.2, 0.25) is 0 Å². The van der Waals surface area contributed by atoms with E-state index in [9.17, 15) is 27.9 Å². The molecule has 0 spiro atoms. The Kier molecular flexibility index (Phi) is 9.25. The Balaban J connectivity index is 1.24. The number of halogens is 3. The molecule has 1 amide bonds. The number of pyridine rings is 1. The Morgan fingerprint density at radius 2 is 1.74 bits per heavy atom. The monoisotopic (exact) mass is 707 g/mol. The van der Waals surface area contributed by atoms with E-state index in [1.54, 1.807) is 23.2 Å². The number of carbonyl (C=O) groups excluding carboxylic acids is 1. The second-order valence-electron chi connectivity index (χ2n) is 13.1. The van der Waals surface area contributed by atoms with Gasteiger partial charge in [-0.05, 0) is 48.2 Å². The largest absolute Gasteiger partial charge is 0.484 e. The summed E-state index contributed by atoms with van der Waals surface area (Å²) in [6.45, 7) is 9.09. The van der Waals surface area contributed by atoms with Gasteiger partial charge in [-0.1, -0.05) is 45.0 Å². The molecule has 14 heteroatoms. The third kappa shape index (κ3) is 6.84. The molecule has 5 aromatic rings. The molecule has 1 saturated heterocycles. The van der Waals surface area contributed by atoms with Gasteiger partial charge in [0.15, 0.2) is 4.88 Å². The fourth-order valence-electron chi connectivity index (χ4n) is 6.24. The van der Waals surface area contributed by atoms with Crippen LogP contribution in [0.1, 0.15) is 54.6 Å². The van der Waals surface area contributed by atoms with Gasteiger partial charge >= 0.3 is 18.2 Å². The molecule has 2 aromatic carbocycles. The lowest BCUT2D eigenvalue weighted by molar-refractivity contribution is -0.139. The van der Waals surface area contributed by atoms with Crippen LogP contribution in [0.4, 0.5) is 23.8 Å². The number of ether oxygens (including phenoxy) is 2. The van der Waals surface area contributed by atoms with Crippen LogP contribution in [0.5, 0.6) is 5.75 Å². The maximum absolute atomic E-state index is 13.7. The van der Waals surface area contributed by atoms with E-state index in [4.69, 9.17) is 14.5 Å². The van der Waals surface area contributed by atoms with Crippen LogP contribution in [0, 0.1) is 5.41 Å². The number of imidazole rings is 1. The normalized spacial score (nSPS) is 16.0. The maximum Gasteiger partial charge on any atom is 0.416 e. The molecule has 1 aliphatic heterocycles. The molecule has 0 bridgehead atoms. The molecule has 1 unspecified atom stereocenters. The number of fused-ring (bicyclic) bond motifs is 1. The van der Waals surface area contributed by atoms with Crippen molar-refractivity contribution < 1.29 is 37.3 Å². The zero-order valence-corrected chi connectivity index (χ0v) is 28.9. The highest BCUT2D eigenvalue weighted by Crippen LogP contribution is 2.40. The number of hydrogen-bond donors (Lipinski definition) is 1. The molecule has 0 aliphatic carbocycles. The molecule has 1 fully saturated rings. The molecule has 2 atom stereocenters.